The number of likely N-dealkylation sites (N-methyl/N-ethyl adjacent to an activating group) is 1. The Labute approximate surface area is 117 Å². The molecule has 0 amide bonds. The Bertz CT molecular complexity index is 273. The summed E-state index contributed by atoms with van der Waals surface area (Å²) < 4.78 is 0. The summed E-state index contributed by atoms with van der Waals surface area (Å²) in [6, 6.07) is 0. The first kappa shape index (κ1) is 16.4. The Morgan fingerprint density at radius 2 is 2.11 bits per heavy atom. The van der Waals surface area contributed by atoms with Crippen LogP contribution in [0.4, 0.5) is 0 Å². The molecule has 0 aromatic heterocycles. The van der Waals surface area contributed by atoms with Gasteiger partial charge in [0.25, 0.3) is 0 Å². The van der Waals surface area contributed by atoms with E-state index in [1.807, 2.05) is 6.92 Å². The molecule has 4 nitrogen and oxygen atoms in total. The largest absolute Gasteiger partial charge is 0.480 e. The average molecular weight is 270 g/mol. The Morgan fingerprint density at radius 1 is 1.42 bits per heavy atom. The van der Waals surface area contributed by atoms with E-state index in [9.17, 15) is 9.90 Å². The predicted molar refractivity (Wildman–Crippen MR) is 78.4 cm³/mol. The van der Waals surface area contributed by atoms with Crippen molar-refractivity contribution in [1.82, 2.24) is 10.2 Å². The van der Waals surface area contributed by atoms with Crippen molar-refractivity contribution in [2.45, 2.75) is 57.9 Å². The molecule has 0 radical (unpaired) electrons. The highest BCUT2D eigenvalue weighted by Gasteiger charge is 2.34. The standard InChI is InChI=1S/C15H30N2O2/c1-4-15(16-3,14(18)19)10-7-11-17(5-2)12-13-8-6-9-13/h13,16H,4-12H2,1-3H3,(H,18,19). The Balaban J connectivity index is 2.34. The molecule has 1 atom stereocenters. The maximum Gasteiger partial charge on any atom is 0.323 e. The van der Waals surface area contributed by atoms with Gasteiger partial charge in [0.1, 0.15) is 5.54 Å². The molecule has 1 fully saturated rings. The van der Waals surface area contributed by atoms with Gasteiger partial charge >= 0.3 is 5.97 Å². The van der Waals surface area contributed by atoms with Gasteiger partial charge in [-0.3, -0.25) is 4.79 Å². The second-order valence-electron chi connectivity index (χ2n) is 5.78. The zero-order valence-electron chi connectivity index (χ0n) is 12.7. The van der Waals surface area contributed by atoms with E-state index in [1.165, 1.54) is 25.8 Å². The highest BCUT2D eigenvalue weighted by Crippen LogP contribution is 2.27. The molecule has 1 rings (SSSR count). The van der Waals surface area contributed by atoms with Crippen molar-refractivity contribution in [1.29, 1.82) is 0 Å². The minimum atomic E-state index is -0.740. The molecule has 0 bridgehead atoms. The fraction of sp³-hybridized carbons (Fsp3) is 0.933. The zero-order chi connectivity index (χ0) is 14.3. The SMILES string of the molecule is CCN(CCCC(CC)(NC)C(=O)O)CC1CCC1. The predicted octanol–water partition coefficient (Wildman–Crippen LogP) is 2.34. The smallest absolute Gasteiger partial charge is 0.323 e. The average Bonchev–Trinajstić information content (AvgIpc) is 2.36. The first-order valence-electron chi connectivity index (χ1n) is 7.72. The van der Waals surface area contributed by atoms with E-state index >= 15 is 0 Å². The number of aliphatic carboxylic acids is 1. The third kappa shape index (κ3) is 4.46. The maximum atomic E-state index is 11.4. The second-order valence-corrected chi connectivity index (χ2v) is 5.78. The number of hydrogen-bond donors (Lipinski definition) is 2. The van der Waals surface area contributed by atoms with Crippen LogP contribution in [0.15, 0.2) is 0 Å². The monoisotopic (exact) mass is 270 g/mol. The van der Waals surface area contributed by atoms with Gasteiger partial charge in [0.15, 0.2) is 0 Å². The van der Waals surface area contributed by atoms with E-state index in [-0.39, 0.29) is 0 Å². The third-order valence-corrected chi connectivity index (χ3v) is 4.76. The maximum absolute atomic E-state index is 11.4. The van der Waals surface area contributed by atoms with Crippen LogP contribution in [0.5, 0.6) is 0 Å². The number of carbonyl (C=O) groups is 1. The third-order valence-electron chi connectivity index (χ3n) is 4.76. The number of carboxylic acids is 1. The van der Waals surface area contributed by atoms with E-state index in [2.05, 4.69) is 17.1 Å². The molecule has 1 unspecified atom stereocenters. The highest BCUT2D eigenvalue weighted by atomic mass is 16.4. The Kier molecular flexibility index (Phi) is 6.80. The summed E-state index contributed by atoms with van der Waals surface area (Å²) in [5.41, 5.74) is -0.740. The minimum absolute atomic E-state index is 0.633. The number of rotatable bonds is 10. The summed E-state index contributed by atoms with van der Waals surface area (Å²) in [4.78, 5) is 13.9. The lowest BCUT2D eigenvalue weighted by Crippen LogP contribution is -2.50. The van der Waals surface area contributed by atoms with Gasteiger partial charge in [-0.25, -0.2) is 0 Å². The molecule has 0 heterocycles. The molecule has 2 N–H and O–H groups in total. The van der Waals surface area contributed by atoms with Crippen LogP contribution in [-0.4, -0.2) is 48.2 Å². The van der Waals surface area contributed by atoms with Crippen molar-refractivity contribution >= 4 is 5.97 Å². The number of nitrogens with one attached hydrogen (secondary N) is 1. The van der Waals surface area contributed by atoms with Gasteiger partial charge in [-0.05, 0) is 58.2 Å². The van der Waals surface area contributed by atoms with Crippen LogP contribution >= 0.6 is 0 Å². The molecule has 1 aliphatic rings. The molecule has 1 saturated carbocycles. The van der Waals surface area contributed by atoms with E-state index < -0.39 is 11.5 Å². The molecule has 1 aliphatic carbocycles. The molecule has 0 aromatic carbocycles. The van der Waals surface area contributed by atoms with E-state index in [0.717, 1.165) is 25.4 Å². The van der Waals surface area contributed by atoms with Gasteiger partial charge in [0, 0.05) is 6.54 Å². The molecule has 0 aromatic rings. The quantitative estimate of drug-likeness (QED) is 0.640. The van der Waals surface area contributed by atoms with Crippen LogP contribution in [0.3, 0.4) is 0 Å². The lowest BCUT2D eigenvalue weighted by molar-refractivity contribution is -0.145. The van der Waals surface area contributed by atoms with Gasteiger partial charge in [0.2, 0.25) is 0 Å². The van der Waals surface area contributed by atoms with Crippen LogP contribution in [0.25, 0.3) is 0 Å². The summed E-state index contributed by atoms with van der Waals surface area (Å²) in [6.07, 6.45) is 6.42. The van der Waals surface area contributed by atoms with Crippen LogP contribution in [0.2, 0.25) is 0 Å². The van der Waals surface area contributed by atoms with E-state index in [0.29, 0.717) is 12.8 Å². The van der Waals surface area contributed by atoms with E-state index in [1.54, 1.807) is 7.05 Å². The molecule has 19 heavy (non-hydrogen) atoms. The highest BCUT2D eigenvalue weighted by molar-refractivity contribution is 5.78. The van der Waals surface area contributed by atoms with Crippen molar-refractivity contribution in [2.75, 3.05) is 26.7 Å². The summed E-state index contributed by atoms with van der Waals surface area (Å²) in [6.45, 7) is 7.42. The first-order chi connectivity index (χ1) is 9.07. The summed E-state index contributed by atoms with van der Waals surface area (Å²) in [5.74, 6) is 0.166. The molecular weight excluding hydrogens is 240 g/mol. The molecule has 0 spiro atoms. The van der Waals surface area contributed by atoms with Crippen molar-refractivity contribution in [2.24, 2.45) is 5.92 Å². The van der Waals surface area contributed by atoms with Gasteiger partial charge in [-0.2, -0.15) is 0 Å². The lowest BCUT2D eigenvalue weighted by Gasteiger charge is -2.33. The number of nitrogens with zero attached hydrogens (tertiary/aromatic N) is 1. The van der Waals surface area contributed by atoms with Crippen molar-refractivity contribution in [3.05, 3.63) is 0 Å². The van der Waals surface area contributed by atoms with Crippen LogP contribution in [-0.2, 0) is 4.79 Å². The van der Waals surface area contributed by atoms with Gasteiger partial charge in [-0.15, -0.1) is 0 Å². The lowest BCUT2D eigenvalue weighted by atomic mass is 9.85. The summed E-state index contributed by atoms with van der Waals surface area (Å²) in [5, 5.41) is 12.4. The minimum Gasteiger partial charge on any atom is -0.480 e. The molecule has 4 heteroatoms. The van der Waals surface area contributed by atoms with Crippen LogP contribution in [0, 0.1) is 5.92 Å². The van der Waals surface area contributed by atoms with Gasteiger partial charge in [-0.1, -0.05) is 20.3 Å². The number of carboxylic acid groups (broad SMARTS) is 1. The Hall–Kier alpha value is -0.610. The van der Waals surface area contributed by atoms with Crippen molar-refractivity contribution < 1.29 is 9.90 Å². The zero-order valence-corrected chi connectivity index (χ0v) is 12.7. The second kappa shape index (κ2) is 7.85. The summed E-state index contributed by atoms with van der Waals surface area (Å²) in [7, 11) is 1.75. The normalized spacial score (nSPS) is 19.2. The topological polar surface area (TPSA) is 52.6 Å². The molecular formula is C15H30N2O2. The summed E-state index contributed by atoms with van der Waals surface area (Å²) >= 11 is 0. The number of hydrogen-bond acceptors (Lipinski definition) is 3. The van der Waals surface area contributed by atoms with Gasteiger partial charge in [0.05, 0.1) is 0 Å². The molecule has 0 aliphatic heterocycles. The van der Waals surface area contributed by atoms with Crippen LogP contribution in [0.1, 0.15) is 52.4 Å². The van der Waals surface area contributed by atoms with Crippen LogP contribution < -0.4 is 5.32 Å². The molecule has 0 saturated heterocycles. The Morgan fingerprint density at radius 3 is 2.47 bits per heavy atom. The molecule has 112 valence electrons. The van der Waals surface area contributed by atoms with Gasteiger partial charge < -0.3 is 15.3 Å². The first-order valence-corrected chi connectivity index (χ1v) is 7.72. The fourth-order valence-corrected chi connectivity index (χ4v) is 2.87. The van der Waals surface area contributed by atoms with Crippen molar-refractivity contribution in [3.63, 3.8) is 0 Å². The fourth-order valence-electron chi connectivity index (χ4n) is 2.87. The van der Waals surface area contributed by atoms with Crippen molar-refractivity contribution in [3.8, 4) is 0 Å². The van der Waals surface area contributed by atoms with E-state index in [4.69, 9.17) is 0 Å².